The largest absolute Gasteiger partial charge is 0.481 e. The van der Waals surface area contributed by atoms with Crippen LogP contribution in [-0.2, 0) is 4.79 Å². The van der Waals surface area contributed by atoms with Gasteiger partial charge in [0.25, 0.3) is 0 Å². The lowest BCUT2D eigenvalue weighted by atomic mass is 9.96. The molecule has 0 aliphatic heterocycles. The van der Waals surface area contributed by atoms with Crippen molar-refractivity contribution < 1.29 is 14.6 Å². The van der Waals surface area contributed by atoms with Gasteiger partial charge in [0.2, 0.25) is 5.88 Å². The molecule has 0 amide bonds. The van der Waals surface area contributed by atoms with Crippen LogP contribution in [0.25, 0.3) is 0 Å². The summed E-state index contributed by atoms with van der Waals surface area (Å²) >= 11 is 0. The van der Waals surface area contributed by atoms with E-state index in [-0.39, 0.29) is 5.92 Å². The molecule has 6 heteroatoms. The Morgan fingerprint density at radius 2 is 2.24 bits per heavy atom. The van der Waals surface area contributed by atoms with E-state index in [1.54, 1.807) is 6.07 Å². The van der Waals surface area contributed by atoms with Crippen LogP contribution in [0.1, 0.15) is 13.8 Å². The summed E-state index contributed by atoms with van der Waals surface area (Å²) in [4.78, 5) is 18.8. The van der Waals surface area contributed by atoms with E-state index >= 15 is 0 Å². The fourth-order valence-corrected chi connectivity index (χ4v) is 1.37. The highest BCUT2D eigenvalue weighted by molar-refractivity contribution is 5.71. The van der Waals surface area contributed by atoms with Crippen molar-refractivity contribution in [2.45, 2.75) is 13.8 Å². The van der Waals surface area contributed by atoms with Gasteiger partial charge in [0.05, 0.1) is 13.0 Å². The maximum absolute atomic E-state index is 11.0. The summed E-state index contributed by atoms with van der Waals surface area (Å²) in [5.41, 5.74) is 0. The fraction of sp³-hybridized carbons (Fsp3) is 0.545. The van der Waals surface area contributed by atoms with Gasteiger partial charge in [-0.3, -0.25) is 4.79 Å². The second-order valence-corrected chi connectivity index (χ2v) is 4.02. The third-order valence-corrected chi connectivity index (χ3v) is 2.48. The first-order valence-electron chi connectivity index (χ1n) is 5.37. The second kappa shape index (κ2) is 6.03. The van der Waals surface area contributed by atoms with E-state index < -0.39 is 11.9 Å². The average molecular weight is 239 g/mol. The van der Waals surface area contributed by atoms with E-state index in [1.165, 1.54) is 13.4 Å². The number of carboxylic acids is 1. The van der Waals surface area contributed by atoms with E-state index in [2.05, 4.69) is 15.3 Å². The van der Waals surface area contributed by atoms with E-state index in [0.717, 1.165) is 0 Å². The molecule has 2 N–H and O–H groups in total. The first kappa shape index (κ1) is 13.2. The Kier molecular flexibility index (Phi) is 4.68. The summed E-state index contributed by atoms with van der Waals surface area (Å²) in [6, 6.07) is 1.62. The van der Waals surface area contributed by atoms with Crippen molar-refractivity contribution in [3.05, 3.63) is 12.4 Å². The number of ether oxygens (including phenoxy) is 1. The minimum Gasteiger partial charge on any atom is -0.481 e. The molecule has 0 fully saturated rings. The van der Waals surface area contributed by atoms with Crippen LogP contribution in [0.3, 0.4) is 0 Å². The quantitative estimate of drug-likeness (QED) is 0.777. The molecular weight excluding hydrogens is 222 g/mol. The van der Waals surface area contributed by atoms with Crippen molar-refractivity contribution in [3.8, 4) is 5.88 Å². The summed E-state index contributed by atoms with van der Waals surface area (Å²) in [7, 11) is 1.51. The van der Waals surface area contributed by atoms with Crippen LogP contribution in [0, 0.1) is 11.8 Å². The molecule has 6 nitrogen and oxygen atoms in total. The summed E-state index contributed by atoms with van der Waals surface area (Å²) in [6.45, 7) is 4.08. The normalized spacial score (nSPS) is 12.2. The van der Waals surface area contributed by atoms with Crippen LogP contribution >= 0.6 is 0 Å². The lowest BCUT2D eigenvalue weighted by Crippen LogP contribution is -2.27. The van der Waals surface area contributed by atoms with Crippen LogP contribution < -0.4 is 10.1 Å². The van der Waals surface area contributed by atoms with Crippen molar-refractivity contribution in [2.24, 2.45) is 11.8 Å². The molecule has 1 atom stereocenters. The molecule has 1 heterocycles. The lowest BCUT2D eigenvalue weighted by Gasteiger charge is -2.16. The Bertz CT molecular complexity index is 382. The van der Waals surface area contributed by atoms with Gasteiger partial charge in [-0.05, 0) is 5.92 Å². The molecule has 1 aromatic heterocycles. The Morgan fingerprint density at radius 1 is 1.53 bits per heavy atom. The monoisotopic (exact) mass is 239 g/mol. The topological polar surface area (TPSA) is 84.3 Å². The van der Waals surface area contributed by atoms with Crippen molar-refractivity contribution in [3.63, 3.8) is 0 Å². The first-order valence-corrected chi connectivity index (χ1v) is 5.37. The zero-order valence-corrected chi connectivity index (χ0v) is 10.2. The van der Waals surface area contributed by atoms with Crippen LogP contribution in [0.2, 0.25) is 0 Å². The van der Waals surface area contributed by atoms with E-state index in [0.29, 0.717) is 18.2 Å². The Labute approximate surface area is 100 Å². The predicted octanol–water partition coefficient (Wildman–Crippen LogP) is 1.25. The standard InChI is InChI=1S/C11H17N3O3/c1-7(2)8(11(15)16)5-12-9-4-10(17-3)14-6-13-9/h4,6-8H,5H2,1-3H3,(H,15,16)(H,12,13,14). The molecule has 0 aliphatic rings. The molecule has 0 saturated carbocycles. The van der Waals surface area contributed by atoms with Gasteiger partial charge in [-0.15, -0.1) is 0 Å². The van der Waals surface area contributed by atoms with Crippen molar-refractivity contribution in [1.29, 1.82) is 0 Å². The van der Waals surface area contributed by atoms with Crippen molar-refractivity contribution >= 4 is 11.8 Å². The van der Waals surface area contributed by atoms with Gasteiger partial charge in [-0.2, -0.15) is 0 Å². The molecular formula is C11H17N3O3. The van der Waals surface area contributed by atoms with Crippen LogP contribution in [-0.4, -0.2) is 34.7 Å². The van der Waals surface area contributed by atoms with Crippen molar-refractivity contribution in [1.82, 2.24) is 9.97 Å². The molecule has 1 aromatic rings. The number of methoxy groups -OCH3 is 1. The van der Waals surface area contributed by atoms with Crippen LogP contribution in [0.4, 0.5) is 5.82 Å². The lowest BCUT2D eigenvalue weighted by molar-refractivity contribution is -0.142. The van der Waals surface area contributed by atoms with Gasteiger partial charge in [0, 0.05) is 12.6 Å². The Hall–Kier alpha value is -1.85. The second-order valence-electron chi connectivity index (χ2n) is 4.02. The van der Waals surface area contributed by atoms with Gasteiger partial charge >= 0.3 is 5.97 Å². The maximum Gasteiger partial charge on any atom is 0.308 e. The Balaban J connectivity index is 2.62. The highest BCUT2D eigenvalue weighted by atomic mass is 16.5. The number of rotatable bonds is 6. The molecule has 0 aliphatic carbocycles. The number of carboxylic acid groups (broad SMARTS) is 1. The predicted molar refractivity (Wildman–Crippen MR) is 63.0 cm³/mol. The van der Waals surface area contributed by atoms with Gasteiger partial charge in [-0.1, -0.05) is 13.8 Å². The summed E-state index contributed by atoms with van der Waals surface area (Å²) in [5, 5.41) is 12.0. The first-order chi connectivity index (χ1) is 8.04. The minimum atomic E-state index is -0.812. The van der Waals surface area contributed by atoms with E-state index in [4.69, 9.17) is 9.84 Å². The molecule has 0 radical (unpaired) electrons. The molecule has 17 heavy (non-hydrogen) atoms. The Morgan fingerprint density at radius 3 is 2.76 bits per heavy atom. The molecule has 0 aromatic carbocycles. The summed E-state index contributed by atoms with van der Waals surface area (Å²) in [5.74, 6) is -0.198. The van der Waals surface area contributed by atoms with Crippen LogP contribution in [0.5, 0.6) is 5.88 Å². The third-order valence-electron chi connectivity index (χ3n) is 2.48. The summed E-state index contributed by atoms with van der Waals surface area (Å²) < 4.78 is 4.95. The highest BCUT2D eigenvalue weighted by Gasteiger charge is 2.21. The number of anilines is 1. The number of nitrogens with one attached hydrogen (secondary N) is 1. The maximum atomic E-state index is 11.0. The van der Waals surface area contributed by atoms with E-state index in [1.807, 2.05) is 13.8 Å². The molecule has 0 spiro atoms. The van der Waals surface area contributed by atoms with Gasteiger partial charge in [0.1, 0.15) is 12.1 Å². The van der Waals surface area contributed by atoms with Crippen LogP contribution in [0.15, 0.2) is 12.4 Å². The minimum absolute atomic E-state index is 0.0590. The average Bonchev–Trinajstić information content (AvgIpc) is 2.28. The van der Waals surface area contributed by atoms with E-state index in [9.17, 15) is 4.79 Å². The molecule has 0 bridgehead atoms. The van der Waals surface area contributed by atoms with Crippen molar-refractivity contribution in [2.75, 3.05) is 19.0 Å². The number of aromatic nitrogens is 2. The number of nitrogens with zero attached hydrogens (tertiary/aromatic N) is 2. The summed E-state index contributed by atoms with van der Waals surface area (Å²) in [6.07, 6.45) is 1.37. The molecule has 0 saturated heterocycles. The highest BCUT2D eigenvalue weighted by Crippen LogP contribution is 2.14. The molecule has 94 valence electrons. The molecule has 1 unspecified atom stereocenters. The number of hydrogen-bond donors (Lipinski definition) is 2. The smallest absolute Gasteiger partial charge is 0.308 e. The SMILES string of the molecule is COc1cc(NCC(C(=O)O)C(C)C)ncn1. The van der Waals surface area contributed by atoms with Gasteiger partial charge in [-0.25, -0.2) is 9.97 Å². The fourth-order valence-electron chi connectivity index (χ4n) is 1.37. The zero-order valence-electron chi connectivity index (χ0n) is 10.2. The zero-order chi connectivity index (χ0) is 12.8. The number of aliphatic carboxylic acids is 1. The number of carbonyl (C=O) groups is 1. The number of hydrogen-bond acceptors (Lipinski definition) is 5. The third kappa shape index (κ3) is 3.90. The molecule has 1 rings (SSSR count). The van der Waals surface area contributed by atoms with Gasteiger partial charge < -0.3 is 15.2 Å². The van der Waals surface area contributed by atoms with Gasteiger partial charge in [0.15, 0.2) is 0 Å².